The number of fused-ring (bicyclic) bond motifs is 3. The maximum absolute atomic E-state index is 12.9. The summed E-state index contributed by atoms with van der Waals surface area (Å²) in [6.45, 7) is 1.62. The van der Waals surface area contributed by atoms with Crippen LogP contribution >= 0.6 is 0 Å². The number of ether oxygens (including phenoxy) is 1. The van der Waals surface area contributed by atoms with Gasteiger partial charge in [0.05, 0.1) is 0 Å². The molecule has 0 fully saturated rings. The van der Waals surface area contributed by atoms with Crippen LogP contribution in [0.2, 0.25) is 0 Å². The predicted octanol–water partition coefficient (Wildman–Crippen LogP) is 3.83. The van der Waals surface area contributed by atoms with Crippen LogP contribution in [0.15, 0.2) is 48.5 Å². The summed E-state index contributed by atoms with van der Waals surface area (Å²) in [5, 5.41) is 12.5. The van der Waals surface area contributed by atoms with Gasteiger partial charge >= 0.3 is 18.2 Å². The molecule has 0 bridgehead atoms. The second-order valence-corrected chi connectivity index (χ2v) is 7.63. The van der Waals surface area contributed by atoms with E-state index < -0.39 is 36.2 Å². The van der Waals surface area contributed by atoms with E-state index in [9.17, 15) is 27.6 Å². The van der Waals surface area contributed by atoms with E-state index in [1.54, 1.807) is 6.92 Å². The lowest BCUT2D eigenvalue weighted by atomic mass is 9.98. The highest BCUT2D eigenvalue weighted by atomic mass is 19.4. The summed E-state index contributed by atoms with van der Waals surface area (Å²) in [6, 6.07) is 10.9. The minimum atomic E-state index is -5.18. The van der Waals surface area contributed by atoms with Gasteiger partial charge in [-0.25, -0.2) is 9.59 Å². The lowest BCUT2D eigenvalue weighted by Gasteiger charge is -2.22. The summed E-state index contributed by atoms with van der Waals surface area (Å²) in [4.78, 5) is 35.5. The number of carbonyl (C=O) groups excluding carboxylic acids is 2. The molecule has 1 aliphatic rings. The van der Waals surface area contributed by atoms with Crippen molar-refractivity contribution < 1.29 is 37.4 Å². The van der Waals surface area contributed by atoms with E-state index in [0.717, 1.165) is 22.3 Å². The number of benzene rings is 2. The molecule has 0 heterocycles. The Bertz CT molecular complexity index is 995. The zero-order valence-electron chi connectivity index (χ0n) is 17.7. The first kappa shape index (κ1) is 24.1. The molecule has 176 valence electrons. The van der Waals surface area contributed by atoms with Gasteiger partial charge in [-0.05, 0) is 28.7 Å². The molecule has 10 heteroatoms. The van der Waals surface area contributed by atoms with E-state index in [1.807, 2.05) is 48.5 Å². The fraction of sp³-hybridized carbons (Fsp3) is 0.348. The van der Waals surface area contributed by atoms with Gasteiger partial charge in [0.15, 0.2) is 0 Å². The lowest BCUT2D eigenvalue weighted by molar-refractivity contribution is -0.182. The highest BCUT2D eigenvalue weighted by Crippen LogP contribution is 2.44. The number of halogens is 3. The number of hydrogen-bond donors (Lipinski definition) is 3. The van der Waals surface area contributed by atoms with E-state index in [0.29, 0.717) is 6.42 Å². The second kappa shape index (κ2) is 9.93. The Balaban J connectivity index is 1.66. The second-order valence-electron chi connectivity index (χ2n) is 7.63. The summed E-state index contributed by atoms with van der Waals surface area (Å²) in [6.07, 6.45) is -5.81. The first-order chi connectivity index (χ1) is 15.6. The number of amides is 2. The van der Waals surface area contributed by atoms with Gasteiger partial charge in [-0.3, -0.25) is 4.79 Å². The Morgan fingerprint density at radius 3 is 2.03 bits per heavy atom. The fourth-order valence-corrected chi connectivity index (χ4v) is 3.87. The smallest absolute Gasteiger partial charge is 0.419 e. The number of carboxylic acids is 1. The Morgan fingerprint density at radius 1 is 1.00 bits per heavy atom. The number of alkyl halides is 3. The Labute approximate surface area is 187 Å². The maximum atomic E-state index is 12.9. The molecular formula is C23H23F3N2O5. The van der Waals surface area contributed by atoms with E-state index in [4.69, 9.17) is 9.84 Å². The molecule has 1 aliphatic carbocycles. The standard InChI is InChI=1S/C23H23F3N2O5/c1-2-7-18(20(29)28-19(21(30)31)23(24,25)26)27-22(32)33-12-17-15-10-5-3-8-13(15)14-9-4-6-11-16(14)17/h3-6,8-11,17-19H,2,7,12H2,1H3,(H,27,32)(H,28,29)(H,30,31). The normalized spacial score (nSPS) is 14.5. The molecule has 2 aromatic carbocycles. The fourth-order valence-electron chi connectivity index (χ4n) is 3.87. The molecule has 0 aromatic heterocycles. The van der Waals surface area contributed by atoms with Crippen molar-refractivity contribution in [2.75, 3.05) is 6.61 Å². The average Bonchev–Trinajstić information content (AvgIpc) is 3.08. The van der Waals surface area contributed by atoms with Gasteiger partial charge < -0.3 is 20.5 Å². The molecular weight excluding hydrogens is 441 g/mol. The minimum Gasteiger partial charge on any atom is -0.479 e. The highest BCUT2D eigenvalue weighted by Gasteiger charge is 2.47. The Hall–Kier alpha value is -3.56. The molecule has 0 saturated carbocycles. The highest BCUT2D eigenvalue weighted by molar-refractivity contribution is 5.89. The first-order valence-corrected chi connectivity index (χ1v) is 10.3. The molecule has 0 radical (unpaired) electrons. The van der Waals surface area contributed by atoms with Crippen LogP contribution in [-0.4, -0.2) is 47.9 Å². The molecule has 2 amide bonds. The molecule has 0 aliphatic heterocycles. The zero-order chi connectivity index (χ0) is 24.2. The Morgan fingerprint density at radius 2 is 1.55 bits per heavy atom. The first-order valence-electron chi connectivity index (χ1n) is 10.3. The van der Waals surface area contributed by atoms with Crippen LogP contribution in [0.25, 0.3) is 11.1 Å². The van der Waals surface area contributed by atoms with E-state index in [-0.39, 0.29) is 18.9 Å². The van der Waals surface area contributed by atoms with E-state index in [2.05, 4.69) is 5.32 Å². The number of nitrogens with one attached hydrogen (secondary N) is 2. The van der Waals surface area contributed by atoms with Crippen LogP contribution in [0.3, 0.4) is 0 Å². The van der Waals surface area contributed by atoms with Gasteiger partial charge in [-0.2, -0.15) is 13.2 Å². The van der Waals surface area contributed by atoms with Crippen LogP contribution in [0.5, 0.6) is 0 Å². The van der Waals surface area contributed by atoms with Crippen molar-refractivity contribution in [3.63, 3.8) is 0 Å². The molecule has 33 heavy (non-hydrogen) atoms. The number of aliphatic carboxylic acids is 1. The monoisotopic (exact) mass is 464 g/mol. The third kappa shape index (κ3) is 5.44. The van der Waals surface area contributed by atoms with Crippen LogP contribution in [-0.2, 0) is 14.3 Å². The van der Waals surface area contributed by atoms with Gasteiger partial charge in [0.25, 0.3) is 0 Å². The summed E-state index contributed by atoms with van der Waals surface area (Å²) < 4.78 is 43.9. The van der Waals surface area contributed by atoms with Crippen molar-refractivity contribution in [1.82, 2.24) is 10.6 Å². The number of hydrogen-bond acceptors (Lipinski definition) is 4. The van der Waals surface area contributed by atoms with Crippen molar-refractivity contribution in [3.8, 4) is 11.1 Å². The van der Waals surface area contributed by atoms with E-state index in [1.165, 1.54) is 5.32 Å². The van der Waals surface area contributed by atoms with Crippen molar-refractivity contribution in [2.24, 2.45) is 0 Å². The molecule has 2 aromatic rings. The molecule has 3 rings (SSSR count). The Kier molecular flexibility index (Phi) is 7.25. The number of alkyl carbamates (subject to hydrolysis) is 1. The van der Waals surface area contributed by atoms with Gasteiger partial charge in [0.1, 0.15) is 12.6 Å². The van der Waals surface area contributed by atoms with Crippen molar-refractivity contribution in [3.05, 3.63) is 59.7 Å². The van der Waals surface area contributed by atoms with Gasteiger partial charge in [0.2, 0.25) is 11.9 Å². The van der Waals surface area contributed by atoms with Crippen LogP contribution in [0, 0.1) is 0 Å². The molecule has 2 atom stereocenters. The number of carbonyl (C=O) groups is 3. The third-order valence-corrected chi connectivity index (χ3v) is 5.39. The van der Waals surface area contributed by atoms with Crippen molar-refractivity contribution in [2.45, 2.75) is 43.9 Å². The van der Waals surface area contributed by atoms with Crippen molar-refractivity contribution in [1.29, 1.82) is 0 Å². The average molecular weight is 464 g/mol. The molecule has 3 N–H and O–H groups in total. The molecule has 7 nitrogen and oxygen atoms in total. The molecule has 2 unspecified atom stereocenters. The van der Waals surface area contributed by atoms with Crippen LogP contribution in [0.1, 0.15) is 36.8 Å². The van der Waals surface area contributed by atoms with Gasteiger partial charge in [-0.1, -0.05) is 61.9 Å². The number of rotatable bonds is 8. The summed E-state index contributed by atoms with van der Waals surface area (Å²) in [5.41, 5.74) is 4.00. The van der Waals surface area contributed by atoms with Gasteiger partial charge in [0, 0.05) is 5.92 Å². The van der Waals surface area contributed by atoms with Crippen molar-refractivity contribution >= 4 is 18.0 Å². The quantitative estimate of drug-likeness (QED) is 0.551. The zero-order valence-corrected chi connectivity index (χ0v) is 17.7. The predicted molar refractivity (Wildman–Crippen MR) is 113 cm³/mol. The lowest BCUT2D eigenvalue weighted by Crippen LogP contribution is -2.56. The summed E-state index contributed by atoms with van der Waals surface area (Å²) in [7, 11) is 0. The largest absolute Gasteiger partial charge is 0.479 e. The summed E-state index contributed by atoms with van der Waals surface area (Å²) >= 11 is 0. The van der Waals surface area contributed by atoms with Crippen LogP contribution in [0.4, 0.5) is 18.0 Å². The van der Waals surface area contributed by atoms with Gasteiger partial charge in [-0.15, -0.1) is 0 Å². The van der Waals surface area contributed by atoms with E-state index >= 15 is 0 Å². The molecule has 0 spiro atoms. The number of carboxylic acid groups (broad SMARTS) is 1. The summed E-state index contributed by atoms with van der Waals surface area (Å²) in [5.74, 6) is -3.73. The SMILES string of the molecule is CCCC(NC(=O)OCC1c2ccccc2-c2ccccc21)C(=O)NC(C(=O)O)C(F)(F)F. The topological polar surface area (TPSA) is 105 Å². The third-order valence-electron chi connectivity index (χ3n) is 5.39. The minimum absolute atomic E-state index is 0.000223. The van der Waals surface area contributed by atoms with Crippen LogP contribution < -0.4 is 10.6 Å². The molecule has 0 saturated heterocycles. The maximum Gasteiger partial charge on any atom is 0.419 e.